The monoisotopic (exact) mass is 329 g/mol. The van der Waals surface area contributed by atoms with Crippen molar-refractivity contribution in [3.8, 4) is 0 Å². The number of likely N-dealkylation sites (tertiary alicyclic amines) is 1. The van der Waals surface area contributed by atoms with Gasteiger partial charge in [0.2, 0.25) is 0 Å². The van der Waals surface area contributed by atoms with Crippen molar-refractivity contribution in [2.45, 2.75) is 38.3 Å². The molecule has 1 aliphatic rings. The fraction of sp³-hybridized carbons (Fsp3) is 0.500. The molecule has 1 aromatic rings. The minimum absolute atomic E-state index is 0.298. The van der Waals surface area contributed by atoms with Crippen LogP contribution < -0.4 is 0 Å². The Morgan fingerprint density at radius 1 is 1.53 bits per heavy atom. The lowest BCUT2D eigenvalue weighted by atomic mass is 9.88. The molecule has 1 heterocycles. The third kappa shape index (κ3) is 2.98. The summed E-state index contributed by atoms with van der Waals surface area (Å²) in [6, 6.07) is 4.90. The van der Waals surface area contributed by atoms with Crippen LogP contribution in [0.15, 0.2) is 22.7 Å². The number of hydrogen-bond donors (Lipinski definition) is 1. The Bertz CT molecular complexity index is 494. The molecule has 0 amide bonds. The van der Waals surface area contributed by atoms with E-state index in [1.165, 1.54) is 6.07 Å². The van der Waals surface area contributed by atoms with Crippen LogP contribution in [0, 0.1) is 5.82 Å². The summed E-state index contributed by atoms with van der Waals surface area (Å²) in [4.78, 5) is 13.3. The molecule has 1 aromatic carbocycles. The van der Waals surface area contributed by atoms with Crippen molar-refractivity contribution >= 4 is 21.9 Å². The average molecular weight is 330 g/mol. The maximum atomic E-state index is 13.9. The van der Waals surface area contributed by atoms with Crippen LogP contribution in [0.1, 0.15) is 31.7 Å². The fourth-order valence-corrected chi connectivity index (χ4v) is 2.86. The fourth-order valence-electron chi connectivity index (χ4n) is 2.53. The first-order valence-electron chi connectivity index (χ1n) is 6.36. The first kappa shape index (κ1) is 14.5. The van der Waals surface area contributed by atoms with Crippen LogP contribution in [0.4, 0.5) is 4.39 Å². The van der Waals surface area contributed by atoms with E-state index in [1.54, 1.807) is 19.1 Å². The van der Waals surface area contributed by atoms with E-state index in [1.807, 2.05) is 4.90 Å². The van der Waals surface area contributed by atoms with Crippen LogP contribution in [0.3, 0.4) is 0 Å². The highest BCUT2D eigenvalue weighted by Crippen LogP contribution is 2.30. The molecule has 1 fully saturated rings. The van der Waals surface area contributed by atoms with E-state index >= 15 is 0 Å². The smallest absolute Gasteiger partial charge is 0.323 e. The molecule has 1 unspecified atom stereocenters. The number of carbonyl (C=O) groups is 1. The maximum Gasteiger partial charge on any atom is 0.323 e. The van der Waals surface area contributed by atoms with Crippen LogP contribution in [0.2, 0.25) is 0 Å². The molecule has 0 saturated carbocycles. The summed E-state index contributed by atoms with van der Waals surface area (Å²) in [6.07, 6.45) is 2.48. The summed E-state index contributed by atoms with van der Waals surface area (Å²) in [5.74, 6) is -1.13. The zero-order valence-electron chi connectivity index (χ0n) is 10.8. The predicted octanol–water partition coefficient (Wildman–Crippen LogP) is 3.42. The van der Waals surface area contributed by atoms with E-state index in [2.05, 4.69) is 15.9 Å². The molecule has 3 nitrogen and oxygen atoms in total. The molecule has 2 rings (SSSR count). The van der Waals surface area contributed by atoms with Crippen molar-refractivity contribution in [3.05, 3.63) is 34.1 Å². The lowest BCUT2D eigenvalue weighted by Gasteiger charge is -2.41. The summed E-state index contributed by atoms with van der Waals surface area (Å²) in [7, 11) is 0. The van der Waals surface area contributed by atoms with Crippen LogP contribution in [0.5, 0.6) is 0 Å². The second-order valence-corrected chi connectivity index (χ2v) is 6.11. The predicted molar refractivity (Wildman–Crippen MR) is 74.4 cm³/mol. The normalized spacial score (nSPS) is 24.4. The van der Waals surface area contributed by atoms with Crippen LogP contribution >= 0.6 is 15.9 Å². The lowest BCUT2D eigenvalue weighted by Crippen LogP contribution is -2.54. The number of rotatable bonds is 3. The second kappa shape index (κ2) is 5.59. The Morgan fingerprint density at radius 2 is 2.26 bits per heavy atom. The maximum absolute atomic E-state index is 13.9. The third-order valence-electron chi connectivity index (χ3n) is 3.88. The minimum atomic E-state index is -0.891. The molecule has 1 aliphatic heterocycles. The number of nitrogens with zero attached hydrogens (tertiary/aromatic N) is 1. The Labute approximate surface area is 120 Å². The summed E-state index contributed by atoms with van der Waals surface area (Å²) < 4.78 is 14.5. The van der Waals surface area contributed by atoms with Gasteiger partial charge < -0.3 is 5.11 Å². The van der Waals surface area contributed by atoms with Gasteiger partial charge in [0.25, 0.3) is 0 Å². The molecule has 104 valence electrons. The molecule has 0 bridgehead atoms. The van der Waals surface area contributed by atoms with E-state index in [0.717, 1.165) is 12.8 Å². The molecule has 5 heteroatoms. The number of benzene rings is 1. The van der Waals surface area contributed by atoms with Crippen molar-refractivity contribution < 1.29 is 14.3 Å². The van der Waals surface area contributed by atoms with Crippen molar-refractivity contribution in [1.29, 1.82) is 0 Å². The number of halogens is 2. The summed E-state index contributed by atoms with van der Waals surface area (Å²) in [5, 5.41) is 9.42. The zero-order chi connectivity index (χ0) is 14.0. The first-order chi connectivity index (χ1) is 8.93. The molecule has 1 N–H and O–H groups in total. The highest BCUT2D eigenvalue weighted by atomic mass is 79.9. The SMILES string of the molecule is CC1(C(=O)O)CCCCN1Cc1ccc(Br)cc1F. The van der Waals surface area contributed by atoms with Crippen molar-refractivity contribution in [2.24, 2.45) is 0 Å². The lowest BCUT2D eigenvalue weighted by molar-refractivity contribution is -0.153. The number of carboxylic acid groups (broad SMARTS) is 1. The Hall–Kier alpha value is -0.940. The van der Waals surface area contributed by atoms with Gasteiger partial charge in [0.15, 0.2) is 0 Å². The molecule has 19 heavy (non-hydrogen) atoms. The van der Waals surface area contributed by atoms with Gasteiger partial charge in [0.1, 0.15) is 11.4 Å². The van der Waals surface area contributed by atoms with E-state index in [0.29, 0.717) is 29.5 Å². The van der Waals surface area contributed by atoms with Crippen LogP contribution in [0.25, 0.3) is 0 Å². The quantitative estimate of drug-likeness (QED) is 0.923. The van der Waals surface area contributed by atoms with Gasteiger partial charge in [0, 0.05) is 16.6 Å². The number of carboxylic acids is 1. The van der Waals surface area contributed by atoms with Crippen LogP contribution in [-0.4, -0.2) is 28.1 Å². The Balaban J connectivity index is 2.22. The number of aliphatic carboxylic acids is 1. The van der Waals surface area contributed by atoms with E-state index in [4.69, 9.17) is 0 Å². The van der Waals surface area contributed by atoms with Gasteiger partial charge in [-0.1, -0.05) is 22.0 Å². The largest absolute Gasteiger partial charge is 0.480 e. The highest BCUT2D eigenvalue weighted by Gasteiger charge is 2.41. The third-order valence-corrected chi connectivity index (χ3v) is 4.37. The second-order valence-electron chi connectivity index (χ2n) is 5.19. The molecule has 1 saturated heterocycles. The first-order valence-corrected chi connectivity index (χ1v) is 7.15. The average Bonchev–Trinajstić information content (AvgIpc) is 2.35. The molecular formula is C14H17BrFNO2. The number of hydrogen-bond acceptors (Lipinski definition) is 2. The van der Waals surface area contributed by atoms with Crippen LogP contribution in [-0.2, 0) is 11.3 Å². The van der Waals surface area contributed by atoms with Gasteiger partial charge in [-0.3, -0.25) is 9.69 Å². The van der Waals surface area contributed by atoms with E-state index < -0.39 is 11.5 Å². The van der Waals surface area contributed by atoms with Gasteiger partial charge in [-0.2, -0.15) is 0 Å². The van der Waals surface area contributed by atoms with Gasteiger partial charge in [-0.25, -0.2) is 4.39 Å². The standard InChI is InChI=1S/C14H17BrFNO2/c1-14(13(18)19)6-2-3-7-17(14)9-10-4-5-11(15)8-12(10)16/h4-5,8H,2-3,6-7,9H2,1H3,(H,18,19). The van der Waals surface area contributed by atoms with Gasteiger partial charge in [-0.15, -0.1) is 0 Å². The highest BCUT2D eigenvalue weighted by molar-refractivity contribution is 9.10. The molecular weight excluding hydrogens is 313 g/mol. The topological polar surface area (TPSA) is 40.5 Å². The molecule has 0 radical (unpaired) electrons. The van der Waals surface area contributed by atoms with Crippen molar-refractivity contribution in [1.82, 2.24) is 4.90 Å². The van der Waals surface area contributed by atoms with Gasteiger partial charge in [0.05, 0.1) is 0 Å². The zero-order valence-corrected chi connectivity index (χ0v) is 12.4. The summed E-state index contributed by atoms with van der Waals surface area (Å²) >= 11 is 3.22. The van der Waals surface area contributed by atoms with Crippen molar-refractivity contribution in [3.63, 3.8) is 0 Å². The summed E-state index contributed by atoms with van der Waals surface area (Å²) in [5.41, 5.74) is -0.352. The summed E-state index contributed by atoms with van der Waals surface area (Å²) in [6.45, 7) is 2.76. The van der Waals surface area contributed by atoms with Crippen molar-refractivity contribution in [2.75, 3.05) is 6.54 Å². The van der Waals surface area contributed by atoms with E-state index in [-0.39, 0.29) is 5.82 Å². The van der Waals surface area contributed by atoms with E-state index in [9.17, 15) is 14.3 Å². The molecule has 0 spiro atoms. The number of piperidine rings is 1. The Morgan fingerprint density at radius 3 is 2.89 bits per heavy atom. The van der Waals surface area contributed by atoms with Gasteiger partial charge >= 0.3 is 5.97 Å². The molecule has 0 aromatic heterocycles. The minimum Gasteiger partial charge on any atom is -0.480 e. The Kier molecular flexibility index (Phi) is 4.26. The molecule has 1 atom stereocenters. The molecule has 0 aliphatic carbocycles. The van der Waals surface area contributed by atoms with Gasteiger partial charge in [-0.05, 0) is 44.9 Å².